The summed E-state index contributed by atoms with van der Waals surface area (Å²) >= 11 is 3.51. The molecule has 0 saturated heterocycles. The van der Waals surface area contributed by atoms with Crippen LogP contribution in [0.5, 0.6) is 0 Å². The maximum atomic E-state index is 11.6. The Kier molecular flexibility index (Phi) is 6.30. The van der Waals surface area contributed by atoms with Gasteiger partial charge in [0.2, 0.25) is 0 Å². The van der Waals surface area contributed by atoms with Crippen LogP contribution in [0.2, 0.25) is 0 Å². The SMILES string of the molecule is CCC(CCS(=O)(=O)C(C)C)C(C)Br. The van der Waals surface area contributed by atoms with Gasteiger partial charge in [0.15, 0.2) is 9.84 Å². The highest BCUT2D eigenvalue weighted by atomic mass is 79.9. The molecule has 0 fully saturated rings. The van der Waals surface area contributed by atoms with Crippen LogP contribution in [0.3, 0.4) is 0 Å². The van der Waals surface area contributed by atoms with Gasteiger partial charge in [0.25, 0.3) is 0 Å². The minimum Gasteiger partial charge on any atom is -0.229 e. The Morgan fingerprint density at radius 1 is 1.21 bits per heavy atom. The summed E-state index contributed by atoms with van der Waals surface area (Å²) in [4.78, 5) is 0.398. The number of alkyl halides is 1. The van der Waals surface area contributed by atoms with E-state index in [1.54, 1.807) is 13.8 Å². The van der Waals surface area contributed by atoms with Gasteiger partial charge in [-0.3, -0.25) is 0 Å². The van der Waals surface area contributed by atoms with E-state index in [0.717, 1.165) is 12.8 Å². The van der Waals surface area contributed by atoms with E-state index in [2.05, 4.69) is 29.8 Å². The summed E-state index contributed by atoms with van der Waals surface area (Å²) in [5, 5.41) is -0.245. The molecule has 0 rings (SSSR count). The molecular weight excluding hydrogens is 264 g/mol. The minimum absolute atomic E-state index is 0.245. The van der Waals surface area contributed by atoms with Crippen LogP contribution in [0.1, 0.15) is 40.5 Å². The molecule has 14 heavy (non-hydrogen) atoms. The molecule has 0 spiro atoms. The molecule has 0 aliphatic heterocycles. The van der Waals surface area contributed by atoms with Crippen LogP contribution in [0.25, 0.3) is 0 Å². The first-order valence-electron chi connectivity index (χ1n) is 5.16. The molecule has 2 nitrogen and oxygen atoms in total. The molecule has 2 unspecified atom stereocenters. The van der Waals surface area contributed by atoms with E-state index in [1.807, 2.05) is 0 Å². The summed E-state index contributed by atoms with van der Waals surface area (Å²) in [6.07, 6.45) is 1.80. The average molecular weight is 285 g/mol. The van der Waals surface area contributed by atoms with Crippen molar-refractivity contribution in [1.29, 1.82) is 0 Å². The second kappa shape index (κ2) is 6.11. The molecule has 0 saturated carbocycles. The second-order valence-electron chi connectivity index (χ2n) is 4.05. The van der Waals surface area contributed by atoms with Crippen molar-refractivity contribution in [3.8, 4) is 0 Å². The van der Waals surface area contributed by atoms with Crippen LogP contribution in [0, 0.1) is 5.92 Å². The molecular formula is C10H21BrO2S. The van der Waals surface area contributed by atoms with Gasteiger partial charge in [-0.25, -0.2) is 8.42 Å². The molecule has 0 aromatic carbocycles. The monoisotopic (exact) mass is 284 g/mol. The summed E-state index contributed by atoms with van der Waals surface area (Å²) in [6.45, 7) is 7.67. The predicted molar refractivity (Wildman–Crippen MR) is 65.7 cm³/mol. The zero-order chi connectivity index (χ0) is 11.4. The van der Waals surface area contributed by atoms with Crippen LogP contribution >= 0.6 is 15.9 Å². The average Bonchev–Trinajstić information content (AvgIpc) is 2.04. The van der Waals surface area contributed by atoms with Gasteiger partial charge in [0.1, 0.15) is 0 Å². The third kappa shape index (κ3) is 4.78. The van der Waals surface area contributed by atoms with Crippen LogP contribution < -0.4 is 0 Å². The van der Waals surface area contributed by atoms with Crippen molar-refractivity contribution in [1.82, 2.24) is 0 Å². The molecule has 0 bridgehead atoms. The highest BCUT2D eigenvalue weighted by Gasteiger charge is 2.20. The highest BCUT2D eigenvalue weighted by molar-refractivity contribution is 9.09. The third-order valence-corrected chi connectivity index (χ3v) is 5.65. The normalized spacial score (nSPS) is 17.0. The third-order valence-electron chi connectivity index (χ3n) is 2.67. The lowest BCUT2D eigenvalue weighted by atomic mass is 10.0. The molecule has 0 amide bonds. The van der Waals surface area contributed by atoms with Crippen molar-refractivity contribution in [2.24, 2.45) is 5.92 Å². The van der Waals surface area contributed by atoms with Crippen molar-refractivity contribution in [3.63, 3.8) is 0 Å². The zero-order valence-corrected chi connectivity index (χ0v) is 11.9. The second-order valence-corrected chi connectivity index (χ2v) is 8.17. The van der Waals surface area contributed by atoms with Gasteiger partial charge >= 0.3 is 0 Å². The van der Waals surface area contributed by atoms with Crippen molar-refractivity contribution in [2.75, 3.05) is 5.75 Å². The van der Waals surface area contributed by atoms with Crippen molar-refractivity contribution >= 4 is 25.8 Å². The minimum atomic E-state index is -2.86. The molecule has 4 heteroatoms. The van der Waals surface area contributed by atoms with Gasteiger partial charge < -0.3 is 0 Å². The fourth-order valence-corrected chi connectivity index (χ4v) is 3.05. The largest absolute Gasteiger partial charge is 0.229 e. The van der Waals surface area contributed by atoms with Gasteiger partial charge in [-0.2, -0.15) is 0 Å². The molecule has 0 aliphatic carbocycles. The molecule has 86 valence electrons. The molecule has 0 N–H and O–H groups in total. The Balaban J connectivity index is 4.17. The van der Waals surface area contributed by atoms with Gasteiger partial charge in [-0.05, 0) is 26.2 Å². The number of rotatable bonds is 6. The maximum absolute atomic E-state index is 11.6. The Morgan fingerprint density at radius 2 is 1.71 bits per heavy atom. The van der Waals surface area contributed by atoms with Gasteiger partial charge in [-0.1, -0.05) is 36.2 Å². The van der Waals surface area contributed by atoms with E-state index in [0.29, 0.717) is 16.5 Å². The number of halogens is 1. The predicted octanol–water partition coefficient (Wildman–Crippen LogP) is 3.01. The first-order chi connectivity index (χ1) is 6.31. The van der Waals surface area contributed by atoms with E-state index >= 15 is 0 Å². The van der Waals surface area contributed by atoms with E-state index in [-0.39, 0.29) is 5.25 Å². The van der Waals surface area contributed by atoms with Crippen molar-refractivity contribution in [3.05, 3.63) is 0 Å². The van der Waals surface area contributed by atoms with Gasteiger partial charge in [0, 0.05) is 4.83 Å². The number of sulfone groups is 1. The summed E-state index contributed by atoms with van der Waals surface area (Å²) in [5.41, 5.74) is 0. The van der Waals surface area contributed by atoms with Crippen molar-refractivity contribution in [2.45, 2.75) is 50.6 Å². The van der Waals surface area contributed by atoms with E-state index in [1.165, 1.54) is 0 Å². The molecule has 2 atom stereocenters. The molecule has 0 aromatic heterocycles. The summed E-state index contributed by atoms with van der Waals surface area (Å²) < 4.78 is 23.1. The van der Waals surface area contributed by atoms with Crippen LogP contribution in [0.4, 0.5) is 0 Å². The van der Waals surface area contributed by atoms with E-state index in [9.17, 15) is 8.42 Å². The summed E-state index contributed by atoms with van der Waals surface area (Å²) in [6, 6.07) is 0. The Hall–Kier alpha value is 0.430. The summed E-state index contributed by atoms with van der Waals surface area (Å²) in [7, 11) is -2.86. The molecule has 0 aromatic rings. The standard InChI is InChI=1S/C10H21BrO2S/c1-5-10(9(4)11)6-7-14(12,13)8(2)3/h8-10H,5-7H2,1-4H3. The fraction of sp³-hybridized carbons (Fsp3) is 1.00. The van der Waals surface area contributed by atoms with Crippen LogP contribution in [-0.2, 0) is 9.84 Å². The summed E-state index contributed by atoms with van der Waals surface area (Å²) in [5.74, 6) is 0.780. The van der Waals surface area contributed by atoms with Gasteiger partial charge in [-0.15, -0.1) is 0 Å². The Morgan fingerprint density at radius 3 is 2.00 bits per heavy atom. The number of hydrogen-bond acceptors (Lipinski definition) is 2. The Labute approximate surface area is 96.5 Å². The van der Waals surface area contributed by atoms with E-state index in [4.69, 9.17) is 0 Å². The number of hydrogen-bond donors (Lipinski definition) is 0. The fourth-order valence-electron chi connectivity index (χ4n) is 1.31. The topological polar surface area (TPSA) is 34.1 Å². The van der Waals surface area contributed by atoms with Gasteiger partial charge in [0.05, 0.1) is 11.0 Å². The van der Waals surface area contributed by atoms with Crippen molar-refractivity contribution < 1.29 is 8.42 Å². The quantitative estimate of drug-likeness (QED) is 0.703. The van der Waals surface area contributed by atoms with Crippen LogP contribution in [-0.4, -0.2) is 24.2 Å². The molecule has 0 heterocycles. The lowest BCUT2D eigenvalue weighted by Gasteiger charge is -2.18. The molecule has 0 aliphatic rings. The lowest BCUT2D eigenvalue weighted by molar-refractivity contribution is 0.489. The smallest absolute Gasteiger partial charge is 0.152 e. The first kappa shape index (κ1) is 14.4. The Bertz CT molecular complexity index is 245. The first-order valence-corrected chi connectivity index (χ1v) is 7.80. The highest BCUT2D eigenvalue weighted by Crippen LogP contribution is 2.21. The molecule has 0 radical (unpaired) electrons. The van der Waals surface area contributed by atoms with E-state index < -0.39 is 9.84 Å². The zero-order valence-electron chi connectivity index (χ0n) is 9.46. The van der Waals surface area contributed by atoms with Crippen LogP contribution in [0.15, 0.2) is 0 Å². The lowest BCUT2D eigenvalue weighted by Crippen LogP contribution is -2.21. The maximum Gasteiger partial charge on any atom is 0.152 e.